The van der Waals surface area contributed by atoms with E-state index >= 15 is 0 Å². The van der Waals surface area contributed by atoms with E-state index in [1.165, 1.54) is 9.87 Å². The molecule has 0 aliphatic rings. The molecule has 3 rings (SSSR count). The van der Waals surface area contributed by atoms with Crippen molar-refractivity contribution in [3.63, 3.8) is 0 Å². The van der Waals surface area contributed by atoms with Gasteiger partial charge in [-0.15, -0.1) is 0 Å². The van der Waals surface area contributed by atoms with Gasteiger partial charge < -0.3 is 5.32 Å². The summed E-state index contributed by atoms with van der Waals surface area (Å²) in [6.07, 6.45) is 1.15. The Morgan fingerprint density at radius 1 is 0.971 bits per heavy atom. The highest BCUT2D eigenvalue weighted by Crippen LogP contribution is 2.26. The molecule has 1 N–H and O–H groups in total. The molecular formula is C27H31ClN2O3S. The van der Waals surface area contributed by atoms with Gasteiger partial charge in [-0.3, -0.25) is 9.10 Å². The largest absolute Gasteiger partial charge is 0.346 e. The van der Waals surface area contributed by atoms with Crippen LogP contribution in [0.1, 0.15) is 60.8 Å². The van der Waals surface area contributed by atoms with Crippen molar-refractivity contribution in [1.29, 1.82) is 0 Å². The lowest BCUT2D eigenvalue weighted by atomic mass is 9.86. The van der Waals surface area contributed by atoms with Crippen LogP contribution in [-0.2, 0) is 22.0 Å². The van der Waals surface area contributed by atoms with Crippen LogP contribution < -0.4 is 9.62 Å². The third-order valence-corrected chi connectivity index (χ3v) is 7.22. The van der Waals surface area contributed by atoms with E-state index in [2.05, 4.69) is 38.2 Å². The molecule has 1 amide bonds. The van der Waals surface area contributed by atoms with E-state index in [-0.39, 0.29) is 23.9 Å². The first kappa shape index (κ1) is 25.8. The van der Waals surface area contributed by atoms with E-state index in [1.54, 1.807) is 42.5 Å². The molecule has 5 nitrogen and oxygen atoms in total. The summed E-state index contributed by atoms with van der Waals surface area (Å²) >= 11 is 6.23. The van der Waals surface area contributed by atoms with Crippen LogP contribution in [0.3, 0.4) is 0 Å². The third kappa shape index (κ3) is 6.39. The van der Waals surface area contributed by atoms with Gasteiger partial charge in [0.25, 0.3) is 5.91 Å². The molecule has 0 heterocycles. The van der Waals surface area contributed by atoms with Crippen LogP contribution in [0.4, 0.5) is 5.69 Å². The number of carbonyl (C=O) groups excluding carboxylic acids is 1. The minimum atomic E-state index is -3.56. The van der Waals surface area contributed by atoms with Crippen molar-refractivity contribution >= 4 is 33.2 Å². The second-order valence-corrected chi connectivity index (χ2v) is 11.8. The Kier molecular flexibility index (Phi) is 7.74. The van der Waals surface area contributed by atoms with Crippen LogP contribution in [0.2, 0.25) is 5.02 Å². The quantitative estimate of drug-likeness (QED) is 0.428. The van der Waals surface area contributed by atoms with Crippen LogP contribution in [0.15, 0.2) is 72.8 Å². The zero-order valence-electron chi connectivity index (χ0n) is 20.2. The van der Waals surface area contributed by atoms with Gasteiger partial charge in [0.05, 0.1) is 24.5 Å². The maximum Gasteiger partial charge on any atom is 0.251 e. The molecule has 0 aliphatic carbocycles. The van der Waals surface area contributed by atoms with Crippen molar-refractivity contribution in [3.05, 3.63) is 100 Å². The fourth-order valence-electron chi connectivity index (χ4n) is 3.60. The van der Waals surface area contributed by atoms with Crippen molar-refractivity contribution in [2.24, 2.45) is 0 Å². The van der Waals surface area contributed by atoms with Crippen LogP contribution in [0.25, 0.3) is 0 Å². The molecule has 180 valence electrons. The normalized spacial score (nSPS) is 12.8. The molecule has 0 radical (unpaired) electrons. The molecule has 0 spiro atoms. The van der Waals surface area contributed by atoms with Gasteiger partial charge >= 0.3 is 0 Å². The molecule has 0 saturated carbocycles. The van der Waals surface area contributed by atoms with Crippen molar-refractivity contribution in [2.45, 2.75) is 45.7 Å². The molecule has 1 atom stereocenters. The second kappa shape index (κ2) is 10.2. The summed E-state index contributed by atoms with van der Waals surface area (Å²) in [6.45, 7) is 8.53. The number of nitrogens with zero attached hydrogens (tertiary/aromatic N) is 1. The molecule has 0 bridgehead atoms. The summed E-state index contributed by atoms with van der Waals surface area (Å²) in [5, 5.41) is 3.51. The molecule has 3 aromatic rings. The Hall–Kier alpha value is -2.83. The standard InChI is InChI=1S/C27H31ClN2O3S/c1-19(20-10-14-23(15-11-20)27(2,3)4)29-26(31)21-12-16-24(17-13-21)30(34(5,32)33)18-22-8-6-7-9-25(22)28/h6-17,19H,18H2,1-5H3,(H,29,31)/t19-/m0/s1. The second-order valence-electron chi connectivity index (χ2n) is 9.48. The zero-order chi connectivity index (χ0) is 25.1. The van der Waals surface area contributed by atoms with Crippen LogP contribution in [-0.4, -0.2) is 20.6 Å². The molecule has 0 saturated heterocycles. The van der Waals surface area contributed by atoms with Gasteiger partial charge in [-0.2, -0.15) is 0 Å². The van der Waals surface area contributed by atoms with E-state index in [4.69, 9.17) is 11.6 Å². The number of rotatable bonds is 7. The highest BCUT2D eigenvalue weighted by atomic mass is 35.5. The van der Waals surface area contributed by atoms with Gasteiger partial charge in [0.15, 0.2) is 0 Å². The molecule has 0 fully saturated rings. The first-order valence-electron chi connectivity index (χ1n) is 11.1. The van der Waals surface area contributed by atoms with Crippen LogP contribution in [0.5, 0.6) is 0 Å². The minimum Gasteiger partial charge on any atom is -0.346 e. The van der Waals surface area contributed by atoms with Gasteiger partial charge in [-0.05, 0) is 59.4 Å². The Morgan fingerprint density at radius 2 is 1.56 bits per heavy atom. The number of anilines is 1. The fraction of sp³-hybridized carbons (Fsp3) is 0.296. The third-order valence-electron chi connectivity index (χ3n) is 5.71. The summed E-state index contributed by atoms with van der Waals surface area (Å²) in [7, 11) is -3.56. The van der Waals surface area contributed by atoms with E-state index in [0.717, 1.165) is 11.8 Å². The van der Waals surface area contributed by atoms with E-state index < -0.39 is 10.0 Å². The van der Waals surface area contributed by atoms with Gasteiger partial charge in [0.1, 0.15) is 0 Å². The number of nitrogens with one attached hydrogen (secondary N) is 1. The Balaban J connectivity index is 1.74. The summed E-state index contributed by atoms with van der Waals surface area (Å²) in [4.78, 5) is 12.8. The van der Waals surface area contributed by atoms with Gasteiger partial charge in [0, 0.05) is 10.6 Å². The smallest absolute Gasteiger partial charge is 0.251 e. The lowest BCUT2D eigenvalue weighted by molar-refractivity contribution is 0.0940. The molecule has 0 unspecified atom stereocenters. The molecule has 0 aliphatic heterocycles. The lowest BCUT2D eigenvalue weighted by Crippen LogP contribution is -2.30. The van der Waals surface area contributed by atoms with Crippen molar-refractivity contribution < 1.29 is 13.2 Å². The highest BCUT2D eigenvalue weighted by Gasteiger charge is 2.20. The first-order valence-corrected chi connectivity index (χ1v) is 13.3. The van der Waals surface area contributed by atoms with E-state index in [1.807, 2.05) is 25.1 Å². The average molecular weight is 499 g/mol. The maximum absolute atomic E-state index is 12.8. The van der Waals surface area contributed by atoms with Crippen molar-refractivity contribution in [2.75, 3.05) is 10.6 Å². The predicted octanol–water partition coefficient (Wildman–Crippen LogP) is 6.09. The first-order chi connectivity index (χ1) is 15.9. The number of amides is 1. The van der Waals surface area contributed by atoms with Crippen LogP contribution >= 0.6 is 11.6 Å². The summed E-state index contributed by atoms with van der Waals surface area (Å²) in [5.41, 5.74) is 3.93. The lowest BCUT2D eigenvalue weighted by Gasteiger charge is -2.23. The van der Waals surface area contributed by atoms with Gasteiger partial charge in [-0.25, -0.2) is 8.42 Å². The van der Waals surface area contributed by atoms with Crippen LogP contribution in [0, 0.1) is 0 Å². The summed E-state index contributed by atoms with van der Waals surface area (Å²) in [6, 6.07) is 21.7. The Labute approximate surface area is 207 Å². The number of hydrogen-bond donors (Lipinski definition) is 1. The van der Waals surface area contributed by atoms with E-state index in [9.17, 15) is 13.2 Å². The topological polar surface area (TPSA) is 66.5 Å². The monoisotopic (exact) mass is 498 g/mol. The van der Waals surface area contributed by atoms with Crippen molar-refractivity contribution in [3.8, 4) is 0 Å². The average Bonchev–Trinajstić information content (AvgIpc) is 2.77. The molecular weight excluding hydrogens is 468 g/mol. The Bertz CT molecular complexity index is 1250. The zero-order valence-corrected chi connectivity index (χ0v) is 21.7. The molecule has 7 heteroatoms. The Morgan fingerprint density at radius 3 is 2.09 bits per heavy atom. The minimum absolute atomic E-state index is 0.0679. The predicted molar refractivity (Wildman–Crippen MR) is 140 cm³/mol. The molecule has 3 aromatic carbocycles. The SMILES string of the molecule is C[C@H](NC(=O)c1ccc(N(Cc2ccccc2Cl)S(C)(=O)=O)cc1)c1ccc(C(C)(C)C)cc1. The summed E-state index contributed by atoms with van der Waals surface area (Å²) < 4.78 is 26.2. The van der Waals surface area contributed by atoms with Gasteiger partial charge in [-0.1, -0.05) is 74.8 Å². The number of benzene rings is 3. The number of halogens is 1. The number of carbonyl (C=O) groups is 1. The van der Waals surface area contributed by atoms with Crippen molar-refractivity contribution in [1.82, 2.24) is 5.32 Å². The maximum atomic E-state index is 12.8. The number of hydrogen-bond acceptors (Lipinski definition) is 3. The number of sulfonamides is 1. The molecule has 0 aromatic heterocycles. The van der Waals surface area contributed by atoms with E-state index in [0.29, 0.717) is 21.8 Å². The highest BCUT2D eigenvalue weighted by molar-refractivity contribution is 7.92. The van der Waals surface area contributed by atoms with Gasteiger partial charge in [0.2, 0.25) is 10.0 Å². The molecule has 34 heavy (non-hydrogen) atoms. The summed E-state index contributed by atoms with van der Waals surface area (Å²) in [5.74, 6) is -0.226. The fourth-order valence-corrected chi connectivity index (χ4v) is 4.67.